The highest BCUT2D eigenvalue weighted by molar-refractivity contribution is 7.99. The van der Waals surface area contributed by atoms with Crippen molar-refractivity contribution < 1.29 is 9.53 Å². The van der Waals surface area contributed by atoms with Crippen LogP contribution in [-0.4, -0.2) is 35.2 Å². The first-order valence-electron chi connectivity index (χ1n) is 7.79. The van der Waals surface area contributed by atoms with E-state index >= 15 is 0 Å². The molecular formula is C17H19N3O3S. The molecule has 126 valence electrons. The van der Waals surface area contributed by atoms with Crippen molar-refractivity contribution in [1.82, 2.24) is 15.1 Å². The second-order valence-electron chi connectivity index (χ2n) is 5.47. The summed E-state index contributed by atoms with van der Waals surface area (Å²) in [6.07, 6.45) is 0.872. The fourth-order valence-corrected chi connectivity index (χ4v) is 3.76. The number of nitrogens with zero attached hydrogens (tertiary/aromatic N) is 2. The van der Waals surface area contributed by atoms with Gasteiger partial charge in [-0.25, -0.2) is 4.68 Å². The van der Waals surface area contributed by atoms with E-state index in [0.29, 0.717) is 13.2 Å². The largest absolute Gasteiger partial charge is 0.383 e. The molecule has 0 aliphatic carbocycles. The summed E-state index contributed by atoms with van der Waals surface area (Å²) in [5.41, 5.74) is 1.12. The fraction of sp³-hybridized carbons (Fsp3) is 0.353. The number of carbonyl (C=O) groups is 1. The maximum absolute atomic E-state index is 12.5. The number of nitrogens with one attached hydrogen (secondary N) is 1. The molecule has 1 atom stereocenters. The molecule has 0 unspecified atom stereocenters. The van der Waals surface area contributed by atoms with Crippen molar-refractivity contribution in [2.75, 3.05) is 19.5 Å². The number of aromatic nitrogens is 2. The lowest BCUT2D eigenvalue weighted by molar-refractivity contribution is 0.0926. The highest BCUT2D eigenvalue weighted by atomic mass is 32.2. The third-order valence-corrected chi connectivity index (χ3v) is 4.99. The summed E-state index contributed by atoms with van der Waals surface area (Å²) in [5, 5.41) is 7.17. The number of amides is 1. The monoisotopic (exact) mass is 345 g/mol. The van der Waals surface area contributed by atoms with Crippen LogP contribution in [0.3, 0.4) is 0 Å². The first-order valence-corrected chi connectivity index (χ1v) is 8.77. The summed E-state index contributed by atoms with van der Waals surface area (Å²) in [6, 6.07) is 10.9. The first-order chi connectivity index (χ1) is 11.7. The van der Waals surface area contributed by atoms with E-state index in [2.05, 4.69) is 16.5 Å². The van der Waals surface area contributed by atoms with Gasteiger partial charge in [0, 0.05) is 23.8 Å². The Morgan fingerprint density at radius 2 is 2.21 bits per heavy atom. The van der Waals surface area contributed by atoms with E-state index in [-0.39, 0.29) is 23.2 Å². The maximum atomic E-state index is 12.5. The van der Waals surface area contributed by atoms with Crippen LogP contribution in [0.4, 0.5) is 0 Å². The topological polar surface area (TPSA) is 73.2 Å². The summed E-state index contributed by atoms with van der Waals surface area (Å²) in [4.78, 5) is 25.5. The number of ether oxygens (including phenoxy) is 1. The minimum absolute atomic E-state index is 0.0314. The molecule has 0 saturated carbocycles. The van der Waals surface area contributed by atoms with Gasteiger partial charge in [-0.2, -0.15) is 5.10 Å². The van der Waals surface area contributed by atoms with E-state index in [9.17, 15) is 9.59 Å². The molecule has 1 aliphatic heterocycles. The Hall–Kier alpha value is -2.12. The lowest BCUT2D eigenvalue weighted by Gasteiger charge is -2.25. The van der Waals surface area contributed by atoms with Gasteiger partial charge in [0.25, 0.3) is 11.5 Å². The molecule has 6 nitrogen and oxygen atoms in total. The second kappa shape index (κ2) is 7.63. The fourth-order valence-electron chi connectivity index (χ4n) is 2.63. The molecule has 24 heavy (non-hydrogen) atoms. The normalized spacial score (nSPS) is 16.5. The van der Waals surface area contributed by atoms with Crippen LogP contribution in [-0.2, 0) is 11.3 Å². The number of thioether (sulfide) groups is 1. The van der Waals surface area contributed by atoms with E-state index in [1.165, 1.54) is 21.7 Å². The number of carbonyl (C=O) groups excluding carboxylic acids is 1. The smallest absolute Gasteiger partial charge is 0.272 e. The Kier molecular flexibility index (Phi) is 5.32. The Bertz CT molecular complexity index is 791. The van der Waals surface area contributed by atoms with Crippen molar-refractivity contribution >= 4 is 17.7 Å². The summed E-state index contributed by atoms with van der Waals surface area (Å²) in [6.45, 7) is 0.685. The van der Waals surface area contributed by atoms with Crippen LogP contribution >= 0.6 is 11.8 Å². The van der Waals surface area contributed by atoms with Gasteiger partial charge in [0.1, 0.15) is 5.69 Å². The molecule has 3 rings (SSSR count). The maximum Gasteiger partial charge on any atom is 0.272 e. The van der Waals surface area contributed by atoms with Crippen LogP contribution in [0, 0.1) is 0 Å². The van der Waals surface area contributed by atoms with Gasteiger partial charge in [-0.3, -0.25) is 9.59 Å². The van der Waals surface area contributed by atoms with Crippen molar-refractivity contribution in [3.8, 4) is 0 Å². The van der Waals surface area contributed by atoms with E-state index in [4.69, 9.17) is 4.74 Å². The van der Waals surface area contributed by atoms with Gasteiger partial charge >= 0.3 is 0 Å². The molecule has 0 radical (unpaired) electrons. The molecular weight excluding hydrogens is 326 g/mol. The Labute approximate surface area is 144 Å². The summed E-state index contributed by atoms with van der Waals surface area (Å²) >= 11 is 1.80. The molecule has 0 saturated heterocycles. The van der Waals surface area contributed by atoms with Crippen LogP contribution < -0.4 is 10.9 Å². The predicted octanol–water partition coefficient (Wildman–Crippen LogP) is 1.86. The lowest BCUT2D eigenvalue weighted by Crippen LogP contribution is -2.33. The van der Waals surface area contributed by atoms with Crippen molar-refractivity contribution in [2.24, 2.45) is 0 Å². The summed E-state index contributed by atoms with van der Waals surface area (Å²) in [7, 11) is 1.56. The Morgan fingerprint density at radius 3 is 3.04 bits per heavy atom. The molecule has 2 heterocycles. The highest BCUT2D eigenvalue weighted by Crippen LogP contribution is 2.35. The van der Waals surface area contributed by atoms with Gasteiger partial charge in [-0.15, -0.1) is 11.8 Å². The molecule has 1 aliphatic rings. The van der Waals surface area contributed by atoms with E-state index in [0.717, 1.165) is 17.7 Å². The molecule has 7 heteroatoms. The molecule has 0 fully saturated rings. The van der Waals surface area contributed by atoms with Gasteiger partial charge in [0.2, 0.25) is 0 Å². The van der Waals surface area contributed by atoms with Gasteiger partial charge in [-0.05, 0) is 24.1 Å². The van der Waals surface area contributed by atoms with Crippen LogP contribution in [0.1, 0.15) is 28.5 Å². The van der Waals surface area contributed by atoms with Crippen molar-refractivity contribution in [1.29, 1.82) is 0 Å². The number of rotatable bonds is 5. The molecule has 1 aromatic heterocycles. The SMILES string of the molecule is COCCn1nc(C(=O)N[C@@H]2CCSc3ccccc32)ccc1=O. The quantitative estimate of drug-likeness (QED) is 0.895. The standard InChI is InChI=1S/C17H19N3O3S/c1-23-10-9-20-16(21)7-6-14(19-20)17(22)18-13-8-11-24-15-5-3-2-4-12(13)15/h2-7,13H,8-11H2,1H3,(H,18,22)/t13-/m1/s1. The van der Waals surface area contributed by atoms with Crippen LogP contribution in [0.5, 0.6) is 0 Å². The second-order valence-corrected chi connectivity index (χ2v) is 6.61. The van der Waals surface area contributed by atoms with Crippen LogP contribution in [0.25, 0.3) is 0 Å². The molecule has 1 aromatic carbocycles. The van der Waals surface area contributed by atoms with Crippen molar-refractivity contribution in [2.45, 2.75) is 23.9 Å². The van der Waals surface area contributed by atoms with Gasteiger partial charge < -0.3 is 10.1 Å². The number of hydrogen-bond acceptors (Lipinski definition) is 5. The molecule has 1 amide bonds. The number of hydrogen-bond donors (Lipinski definition) is 1. The van der Waals surface area contributed by atoms with E-state index in [1.807, 2.05) is 18.2 Å². The van der Waals surface area contributed by atoms with Gasteiger partial charge in [0.15, 0.2) is 0 Å². The van der Waals surface area contributed by atoms with Gasteiger partial charge in [-0.1, -0.05) is 18.2 Å². The van der Waals surface area contributed by atoms with Crippen LogP contribution in [0.15, 0.2) is 46.1 Å². The minimum Gasteiger partial charge on any atom is -0.383 e. The Morgan fingerprint density at radius 1 is 1.38 bits per heavy atom. The average molecular weight is 345 g/mol. The average Bonchev–Trinajstić information content (AvgIpc) is 2.61. The van der Waals surface area contributed by atoms with E-state index in [1.54, 1.807) is 18.9 Å². The zero-order chi connectivity index (χ0) is 16.9. The molecule has 1 N–H and O–H groups in total. The number of fused-ring (bicyclic) bond motifs is 1. The van der Waals surface area contributed by atoms with Crippen molar-refractivity contribution in [3.05, 3.63) is 58.0 Å². The molecule has 0 spiro atoms. The zero-order valence-electron chi connectivity index (χ0n) is 13.4. The number of methoxy groups -OCH3 is 1. The molecule has 0 bridgehead atoms. The number of benzene rings is 1. The van der Waals surface area contributed by atoms with Crippen LogP contribution in [0.2, 0.25) is 0 Å². The third kappa shape index (κ3) is 3.68. The summed E-state index contributed by atoms with van der Waals surface area (Å²) < 4.78 is 6.21. The highest BCUT2D eigenvalue weighted by Gasteiger charge is 2.23. The zero-order valence-corrected chi connectivity index (χ0v) is 14.2. The van der Waals surface area contributed by atoms with E-state index < -0.39 is 0 Å². The van der Waals surface area contributed by atoms with Crippen molar-refractivity contribution in [3.63, 3.8) is 0 Å². The first kappa shape index (κ1) is 16.7. The lowest BCUT2D eigenvalue weighted by atomic mass is 10.0. The minimum atomic E-state index is -0.270. The predicted molar refractivity (Wildman–Crippen MR) is 92.4 cm³/mol. The Balaban J connectivity index is 1.77. The molecule has 2 aromatic rings. The van der Waals surface area contributed by atoms with Gasteiger partial charge in [0.05, 0.1) is 19.2 Å². The summed E-state index contributed by atoms with van der Waals surface area (Å²) in [5.74, 6) is 0.691. The third-order valence-electron chi connectivity index (χ3n) is 3.87.